The number of hydrogen-bond acceptors (Lipinski definition) is 10. The maximum atomic E-state index is 13.9. The second-order valence-corrected chi connectivity index (χ2v) is 16.2. The first-order valence-corrected chi connectivity index (χ1v) is 20.4. The molecule has 3 saturated heterocycles. The third kappa shape index (κ3) is 12.3. The summed E-state index contributed by atoms with van der Waals surface area (Å²) >= 11 is 0. The summed E-state index contributed by atoms with van der Waals surface area (Å²) in [6.45, 7) is 17.4. The molecule has 13 heteroatoms. The molecule has 0 aromatic heterocycles. The average molecular weight is 778 g/mol. The number of ether oxygens (including phenoxy) is 4. The van der Waals surface area contributed by atoms with Crippen molar-refractivity contribution in [3.63, 3.8) is 0 Å². The van der Waals surface area contributed by atoms with Crippen LogP contribution in [-0.4, -0.2) is 146 Å². The van der Waals surface area contributed by atoms with Crippen molar-refractivity contribution in [2.24, 2.45) is 5.92 Å². The Morgan fingerprint density at radius 3 is 2.27 bits per heavy atom. The molecule has 3 amide bonds. The van der Waals surface area contributed by atoms with Crippen molar-refractivity contribution in [3.05, 3.63) is 59.2 Å². The molecule has 13 nitrogen and oxygen atoms in total. The van der Waals surface area contributed by atoms with Gasteiger partial charge in [-0.25, -0.2) is 4.79 Å². The summed E-state index contributed by atoms with van der Waals surface area (Å²) in [5.74, 6) is 1.63. The van der Waals surface area contributed by atoms with E-state index in [1.807, 2.05) is 74.8 Å². The number of nitrogens with zero attached hydrogens (tertiary/aromatic N) is 5. The van der Waals surface area contributed by atoms with Crippen molar-refractivity contribution in [1.82, 2.24) is 24.5 Å². The number of piperidine rings is 2. The van der Waals surface area contributed by atoms with Crippen LogP contribution >= 0.6 is 0 Å². The zero-order chi connectivity index (χ0) is 40.2. The minimum Gasteiger partial charge on any atom is -0.497 e. The molecular formula is C43H63N5O8. The second-order valence-electron chi connectivity index (χ2n) is 16.2. The van der Waals surface area contributed by atoms with Crippen molar-refractivity contribution in [3.8, 4) is 11.5 Å². The molecule has 1 unspecified atom stereocenters. The minimum absolute atomic E-state index is 0.0421. The Morgan fingerprint density at radius 1 is 0.839 bits per heavy atom. The molecule has 3 aliphatic heterocycles. The van der Waals surface area contributed by atoms with Crippen LogP contribution in [0.3, 0.4) is 0 Å². The first-order valence-electron chi connectivity index (χ1n) is 20.4. The number of methoxy groups -OCH3 is 1. The molecule has 3 fully saturated rings. The van der Waals surface area contributed by atoms with E-state index in [1.54, 1.807) is 13.2 Å². The molecule has 3 aliphatic rings. The summed E-state index contributed by atoms with van der Waals surface area (Å²) in [6, 6.07) is 13.3. The molecule has 56 heavy (non-hydrogen) atoms. The number of rotatable bonds is 14. The third-order valence-electron chi connectivity index (χ3n) is 10.8. The maximum Gasteiger partial charge on any atom is 0.411 e. The summed E-state index contributed by atoms with van der Waals surface area (Å²) in [6.07, 6.45) is 3.28. The highest BCUT2D eigenvalue weighted by molar-refractivity contribution is 5.94. The Hall–Kier alpha value is -4.36. The molecule has 2 aromatic carbocycles. The summed E-state index contributed by atoms with van der Waals surface area (Å²) in [5, 5.41) is 0. The molecule has 0 bridgehead atoms. The first-order chi connectivity index (χ1) is 26.8. The number of esters is 1. The van der Waals surface area contributed by atoms with Gasteiger partial charge < -0.3 is 28.7 Å². The lowest BCUT2D eigenvalue weighted by atomic mass is 9.89. The van der Waals surface area contributed by atoms with E-state index in [-0.39, 0.29) is 36.8 Å². The van der Waals surface area contributed by atoms with Crippen LogP contribution in [0.4, 0.5) is 4.79 Å². The summed E-state index contributed by atoms with van der Waals surface area (Å²) < 4.78 is 22.1. The van der Waals surface area contributed by atoms with Gasteiger partial charge in [-0.3, -0.25) is 29.1 Å². The van der Waals surface area contributed by atoms with Gasteiger partial charge in [-0.2, -0.15) is 0 Å². The van der Waals surface area contributed by atoms with Crippen LogP contribution in [0.15, 0.2) is 42.5 Å². The zero-order valence-corrected chi connectivity index (χ0v) is 34.4. The number of carbonyl (C=O) groups is 4. The van der Waals surface area contributed by atoms with Crippen molar-refractivity contribution < 1.29 is 38.1 Å². The fraction of sp³-hybridized carbons (Fsp3) is 0.628. The Morgan fingerprint density at radius 2 is 1.59 bits per heavy atom. The van der Waals surface area contributed by atoms with Crippen molar-refractivity contribution >= 4 is 23.9 Å². The van der Waals surface area contributed by atoms with Gasteiger partial charge in [0, 0.05) is 68.9 Å². The van der Waals surface area contributed by atoms with Gasteiger partial charge in [-0.05, 0) is 109 Å². The third-order valence-corrected chi connectivity index (χ3v) is 10.8. The van der Waals surface area contributed by atoms with Crippen LogP contribution < -0.4 is 9.47 Å². The van der Waals surface area contributed by atoms with Crippen LogP contribution in [0.1, 0.15) is 87.7 Å². The molecule has 0 aliphatic carbocycles. The number of carbonyl (C=O) groups excluding carboxylic acids is 4. The molecule has 0 saturated carbocycles. The van der Waals surface area contributed by atoms with E-state index in [2.05, 4.69) is 15.9 Å². The lowest BCUT2D eigenvalue weighted by Gasteiger charge is -2.38. The Bertz CT molecular complexity index is 1630. The van der Waals surface area contributed by atoms with Gasteiger partial charge in [-0.15, -0.1) is 0 Å². The largest absolute Gasteiger partial charge is 0.497 e. The van der Waals surface area contributed by atoms with Gasteiger partial charge in [-0.1, -0.05) is 12.1 Å². The molecule has 3 heterocycles. The van der Waals surface area contributed by atoms with E-state index in [0.29, 0.717) is 68.9 Å². The van der Waals surface area contributed by atoms with E-state index >= 15 is 0 Å². The Kier molecular flexibility index (Phi) is 15.4. The van der Waals surface area contributed by atoms with Crippen LogP contribution in [0.25, 0.3) is 0 Å². The molecular weight excluding hydrogens is 714 g/mol. The standard InChI is InChI=1S/C43H63N5O8/c1-7-54-38-26-37(53-6)15-14-36(38)29-48(42(52)56-43(3,4)5)30-39(49)47-18-10-13-35(28-47)33-11-9-12-34(25-33)41(51)46-23-21-45(22-24-46)27-32-16-19-44(20-17-32)31-40(50)55-8-2/h9,11-12,14-15,25-26,32,35H,7-8,10,13,16-24,27-31H2,1-6H3. The summed E-state index contributed by atoms with van der Waals surface area (Å²) in [5.41, 5.74) is 1.73. The fourth-order valence-electron chi connectivity index (χ4n) is 7.86. The number of piperazine rings is 1. The van der Waals surface area contributed by atoms with Gasteiger partial charge in [0.2, 0.25) is 5.91 Å². The number of amides is 3. The van der Waals surface area contributed by atoms with Crippen molar-refractivity contribution in [1.29, 1.82) is 0 Å². The van der Waals surface area contributed by atoms with Gasteiger partial charge in [0.05, 0.1) is 33.4 Å². The highest BCUT2D eigenvalue weighted by atomic mass is 16.6. The van der Waals surface area contributed by atoms with Crippen molar-refractivity contribution in [2.75, 3.05) is 92.3 Å². The van der Waals surface area contributed by atoms with Crippen LogP contribution in [0.5, 0.6) is 11.5 Å². The van der Waals surface area contributed by atoms with E-state index in [0.717, 1.165) is 69.5 Å². The fourth-order valence-corrected chi connectivity index (χ4v) is 7.86. The molecule has 308 valence electrons. The van der Waals surface area contributed by atoms with Crippen LogP contribution in [-0.2, 0) is 25.6 Å². The lowest BCUT2D eigenvalue weighted by molar-refractivity contribution is -0.144. The number of benzene rings is 2. The van der Waals surface area contributed by atoms with Gasteiger partial charge in [0.25, 0.3) is 5.91 Å². The van der Waals surface area contributed by atoms with E-state index in [9.17, 15) is 19.2 Å². The topological polar surface area (TPSA) is 121 Å². The highest BCUT2D eigenvalue weighted by Crippen LogP contribution is 2.30. The monoisotopic (exact) mass is 777 g/mol. The molecule has 1 atom stereocenters. The van der Waals surface area contributed by atoms with Gasteiger partial charge in [0.15, 0.2) is 0 Å². The Balaban J connectivity index is 1.15. The average Bonchev–Trinajstić information content (AvgIpc) is 3.18. The normalized spacial score (nSPS) is 18.6. The Labute approximate surface area is 333 Å². The number of likely N-dealkylation sites (tertiary alicyclic amines) is 2. The second kappa shape index (κ2) is 20.2. The van der Waals surface area contributed by atoms with Crippen LogP contribution in [0, 0.1) is 5.92 Å². The van der Waals surface area contributed by atoms with E-state index < -0.39 is 11.7 Å². The van der Waals surface area contributed by atoms with Gasteiger partial charge >= 0.3 is 12.1 Å². The number of hydrogen-bond donors (Lipinski definition) is 0. The molecule has 0 spiro atoms. The van der Waals surface area contributed by atoms with Crippen molar-refractivity contribution in [2.45, 2.75) is 78.4 Å². The summed E-state index contributed by atoms with van der Waals surface area (Å²) in [7, 11) is 1.59. The predicted molar refractivity (Wildman–Crippen MR) is 214 cm³/mol. The minimum atomic E-state index is -0.736. The predicted octanol–water partition coefficient (Wildman–Crippen LogP) is 5.27. The zero-order valence-electron chi connectivity index (χ0n) is 34.4. The quantitative estimate of drug-likeness (QED) is 0.235. The smallest absolute Gasteiger partial charge is 0.411 e. The maximum absolute atomic E-state index is 13.9. The highest BCUT2D eigenvalue weighted by Gasteiger charge is 2.31. The van der Waals surface area contributed by atoms with E-state index in [1.165, 1.54) is 4.90 Å². The van der Waals surface area contributed by atoms with Gasteiger partial charge in [0.1, 0.15) is 23.6 Å². The molecule has 2 aromatic rings. The lowest BCUT2D eigenvalue weighted by Crippen LogP contribution is -2.50. The SMILES string of the molecule is CCOC(=O)CN1CCC(CN2CCN(C(=O)c3cccc(C4CCCN(C(=O)CN(Cc5ccc(OC)cc5OCC)C(=O)OC(C)(C)C)C4)c3)CC2)CC1. The molecule has 0 radical (unpaired) electrons. The molecule has 5 rings (SSSR count). The van der Waals surface area contributed by atoms with Crippen LogP contribution in [0.2, 0.25) is 0 Å². The van der Waals surface area contributed by atoms with E-state index in [4.69, 9.17) is 18.9 Å². The summed E-state index contributed by atoms with van der Waals surface area (Å²) in [4.78, 5) is 62.9. The first kappa shape index (κ1) is 42.8. The molecule has 0 N–H and O–H groups in total.